The number of aryl methyl sites for hydroxylation is 1. The number of nitrogens with one attached hydrogen (secondary N) is 2. The number of hydrogen-bond acceptors (Lipinski definition) is 5. The summed E-state index contributed by atoms with van der Waals surface area (Å²) < 4.78 is 5.33. The van der Waals surface area contributed by atoms with Gasteiger partial charge in [-0.25, -0.2) is 4.98 Å². The Morgan fingerprint density at radius 2 is 2.04 bits per heavy atom. The second-order valence-electron chi connectivity index (χ2n) is 5.65. The average Bonchev–Trinajstić information content (AvgIpc) is 2.98. The molecule has 1 aromatic heterocycles. The number of amides is 1. The molecule has 25 heavy (non-hydrogen) atoms. The van der Waals surface area contributed by atoms with Gasteiger partial charge in [0.25, 0.3) is 5.91 Å². The van der Waals surface area contributed by atoms with Crippen LogP contribution in [0.5, 0.6) is 5.75 Å². The van der Waals surface area contributed by atoms with E-state index in [9.17, 15) is 19.7 Å². The van der Waals surface area contributed by atoms with Crippen molar-refractivity contribution in [2.45, 2.75) is 26.2 Å². The Balaban J connectivity index is 1.92. The molecule has 1 aromatic carbocycles. The zero-order chi connectivity index (χ0) is 18.0. The highest BCUT2D eigenvalue weighted by atomic mass is 16.6. The molecule has 0 aliphatic heterocycles. The lowest BCUT2D eigenvalue weighted by molar-refractivity contribution is -0.389. The van der Waals surface area contributed by atoms with Gasteiger partial charge in [-0.15, -0.1) is 0 Å². The minimum absolute atomic E-state index is 0.140. The average molecular weight is 343 g/mol. The van der Waals surface area contributed by atoms with E-state index in [1.54, 1.807) is 24.3 Å². The number of nitrogens with zero attached hydrogens (tertiary/aromatic N) is 1. The number of hydrogen-bond donors (Lipinski definition) is 2. The fourth-order valence-electron chi connectivity index (χ4n) is 2.94. The Kier molecular flexibility index (Phi) is 4.51. The summed E-state index contributed by atoms with van der Waals surface area (Å²) in [6.07, 6.45) is 1.41. The van der Waals surface area contributed by atoms with Crippen LogP contribution in [0.3, 0.4) is 0 Å². The molecular formula is C17H17N3O5. The minimum atomic E-state index is -0.677. The maximum absolute atomic E-state index is 12.6. The molecule has 2 N–H and O–H groups in total. The van der Waals surface area contributed by atoms with E-state index in [1.165, 1.54) is 0 Å². The zero-order valence-corrected chi connectivity index (χ0v) is 13.6. The number of ether oxygens (including phenoxy) is 1. The molecule has 1 amide bonds. The smallest absolute Gasteiger partial charge is 0.334 e. The summed E-state index contributed by atoms with van der Waals surface area (Å²) >= 11 is 0. The SMILES string of the molecule is CCOc1ccc(NC(=O)c2c([N+](=O)[O-])[nH]c3c2C(=O)CCC3)cc1. The molecule has 0 atom stereocenters. The van der Waals surface area contributed by atoms with Crippen molar-refractivity contribution >= 4 is 23.2 Å². The van der Waals surface area contributed by atoms with E-state index < -0.39 is 16.6 Å². The maximum atomic E-state index is 12.6. The van der Waals surface area contributed by atoms with Crippen molar-refractivity contribution in [3.8, 4) is 5.75 Å². The van der Waals surface area contributed by atoms with Gasteiger partial charge in [0, 0.05) is 18.5 Å². The molecule has 0 saturated carbocycles. The van der Waals surface area contributed by atoms with Crippen LogP contribution in [0.4, 0.5) is 11.5 Å². The standard InChI is InChI=1S/C17H17N3O5/c1-2-25-11-8-6-10(7-9-11)18-17(22)15-14-12(4-3-5-13(14)21)19-16(15)20(23)24/h6-9,19H,2-5H2,1H3,(H,18,22). The van der Waals surface area contributed by atoms with E-state index in [-0.39, 0.29) is 23.3 Å². The third-order valence-electron chi connectivity index (χ3n) is 4.00. The van der Waals surface area contributed by atoms with Gasteiger partial charge in [0.2, 0.25) is 0 Å². The Morgan fingerprint density at radius 3 is 2.68 bits per heavy atom. The van der Waals surface area contributed by atoms with Crippen LogP contribution in [-0.2, 0) is 6.42 Å². The number of fused-ring (bicyclic) bond motifs is 1. The van der Waals surface area contributed by atoms with E-state index in [1.807, 2.05) is 6.92 Å². The van der Waals surface area contributed by atoms with E-state index in [0.29, 0.717) is 36.6 Å². The van der Waals surface area contributed by atoms with Gasteiger partial charge in [-0.05, 0) is 42.5 Å². The van der Waals surface area contributed by atoms with Gasteiger partial charge in [-0.3, -0.25) is 9.59 Å². The molecule has 3 rings (SSSR count). The lowest BCUT2D eigenvalue weighted by Gasteiger charge is -2.10. The van der Waals surface area contributed by atoms with Gasteiger partial charge in [0.05, 0.1) is 12.2 Å². The summed E-state index contributed by atoms with van der Waals surface area (Å²) in [6, 6.07) is 6.64. The minimum Gasteiger partial charge on any atom is -0.494 e. The second kappa shape index (κ2) is 6.76. The highest BCUT2D eigenvalue weighted by Gasteiger charge is 2.35. The summed E-state index contributed by atoms with van der Waals surface area (Å²) in [4.78, 5) is 38.0. The van der Waals surface area contributed by atoms with Gasteiger partial charge in [-0.1, -0.05) is 0 Å². The van der Waals surface area contributed by atoms with E-state index in [2.05, 4.69) is 10.3 Å². The summed E-state index contributed by atoms with van der Waals surface area (Å²) in [5.74, 6) is -0.713. The van der Waals surface area contributed by atoms with Gasteiger partial charge in [0.15, 0.2) is 5.78 Å². The van der Waals surface area contributed by atoms with E-state index in [4.69, 9.17) is 4.74 Å². The quantitative estimate of drug-likeness (QED) is 0.639. The predicted octanol–water partition coefficient (Wildman–Crippen LogP) is 3.09. The van der Waals surface area contributed by atoms with Crippen LogP contribution in [0.15, 0.2) is 24.3 Å². The number of aromatic nitrogens is 1. The Bertz CT molecular complexity index is 839. The van der Waals surface area contributed by atoms with Crippen LogP contribution < -0.4 is 10.1 Å². The van der Waals surface area contributed by atoms with Crippen molar-refractivity contribution in [3.63, 3.8) is 0 Å². The Hall–Kier alpha value is -3.16. The van der Waals surface area contributed by atoms with Crippen LogP contribution in [0, 0.1) is 10.1 Å². The van der Waals surface area contributed by atoms with E-state index >= 15 is 0 Å². The monoisotopic (exact) mass is 343 g/mol. The van der Waals surface area contributed by atoms with Gasteiger partial charge < -0.3 is 20.2 Å². The fraction of sp³-hybridized carbons (Fsp3) is 0.294. The first-order valence-electron chi connectivity index (χ1n) is 7.98. The van der Waals surface area contributed by atoms with Crippen LogP contribution in [-0.4, -0.2) is 28.2 Å². The lowest BCUT2D eigenvalue weighted by Crippen LogP contribution is -2.18. The number of ketones is 1. The molecule has 0 unspecified atom stereocenters. The number of rotatable bonds is 5. The first-order valence-corrected chi connectivity index (χ1v) is 7.98. The molecule has 8 nitrogen and oxygen atoms in total. The molecule has 0 bridgehead atoms. The van der Waals surface area contributed by atoms with Crippen LogP contribution in [0.25, 0.3) is 0 Å². The van der Waals surface area contributed by atoms with Gasteiger partial charge in [0.1, 0.15) is 17.0 Å². The number of carbonyl (C=O) groups is 2. The summed E-state index contributed by atoms with van der Waals surface area (Å²) in [5, 5.41) is 13.9. The Morgan fingerprint density at radius 1 is 1.32 bits per heavy atom. The normalized spacial score (nSPS) is 13.2. The molecular weight excluding hydrogens is 326 g/mol. The Labute approximate surface area is 143 Å². The number of anilines is 1. The number of H-pyrrole nitrogens is 1. The topological polar surface area (TPSA) is 114 Å². The summed E-state index contributed by atoms with van der Waals surface area (Å²) in [7, 11) is 0. The molecule has 2 aromatic rings. The van der Waals surface area contributed by atoms with Crippen LogP contribution >= 0.6 is 0 Å². The molecule has 0 spiro atoms. The number of benzene rings is 1. The summed E-state index contributed by atoms with van der Waals surface area (Å²) in [6.45, 7) is 2.39. The second-order valence-corrected chi connectivity index (χ2v) is 5.65. The number of carbonyl (C=O) groups excluding carboxylic acids is 2. The fourth-order valence-corrected chi connectivity index (χ4v) is 2.94. The third kappa shape index (κ3) is 3.23. The largest absolute Gasteiger partial charge is 0.494 e. The van der Waals surface area contributed by atoms with Crippen molar-refractivity contribution < 1.29 is 19.2 Å². The predicted molar refractivity (Wildman–Crippen MR) is 90.3 cm³/mol. The molecule has 0 saturated heterocycles. The first-order chi connectivity index (χ1) is 12.0. The van der Waals surface area contributed by atoms with Crippen molar-refractivity contribution in [2.75, 3.05) is 11.9 Å². The molecule has 8 heteroatoms. The maximum Gasteiger partial charge on any atom is 0.334 e. The first kappa shape index (κ1) is 16.7. The number of aromatic amines is 1. The molecule has 1 aliphatic carbocycles. The van der Waals surface area contributed by atoms with Crippen molar-refractivity contribution in [1.29, 1.82) is 0 Å². The van der Waals surface area contributed by atoms with Crippen molar-refractivity contribution in [2.24, 2.45) is 0 Å². The number of Topliss-reactive ketones (excluding diaryl/α,β-unsaturated/α-hetero) is 1. The van der Waals surface area contributed by atoms with Gasteiger partial charge >= 0.3 is 5.82 Å². The molecule has 1 aliphatic rings. The third-order valence-corrected chi connectivity index (χ3v) is 4.00. The molecule has 0 fully saturated rings. The molecule has 0 radical (unpaired) electrons. The molecule has 130 valence electrons. The zero-order valence-electron chi connectivity index (χ0n) is 13.6. The highest BCUT2D eigenvalue weighted by molar-refractivity contribution is 6.16. The van der Waals surface area contributed by atoms with Gasteiger partial charge in [-0.2, -0.15) is 0 Å². The lowest BCUT2D eigenvalue weighted by atomic mass is 9.93. The van der Waals surface area contributed by atoms with Crippen molar-refractivity contribution in [1.82, 2.24) is 4.98 Å². The van der Waals surface area contributed by atoms with Crippen LogP contribution in [0.2, 0.25) is 0 Å². The van der Waals surface area contributed by atoms with Crippen LogP contribution in [0.1, 0.15) is 46.2 Å². The molecule has 1 heterocycles. The van der Waals surface area contributed by atoms with Crippen molar-refractivity contribution in [3.05, 3.63) is 51.2 Å². The van der Waals surface area contributed by atoms with E-state index in [0.717, 1.165) is 0 Å². The summed E-state index contributed by atoms with van der Waals surface area (Å²) in [5.41, 5.74) is 0.862. The number of nitro groups is 1. The highest BCUT2D eigenvalue weighted by Crippen LogP contribution is 2.32.